The number of nitrogens with zero attached hydrogens (tertiary/aromatic N) is 2. The molecule has 0 spiro atoms. The zero-order valence-corrected chi connectivity index (χ0v) is 17.5. The van der Waals surface area contributed by atoms with Crippen molar-refractivity contribution in [3.8, 4) is 11.5 Å². The second-order valence-corrected chi connectivity index (χ2v) is 6.00. The van der Waals surface area contributed by atoms with Gasteiger partial charge in [-0.1, -0.05) is 6.07 Å². The number of guanidine groups is 1. The van der Waals surface area contributed by atoms with Gasteiger partial charge in [0.15, 0.2) is 17.5 Å². The van der Waals surface area contributed by atoms with Gasteiger partial charge in [-0.2, -0.15) is 0 Å². The molecule has 0 aliphatic carbocycles. The van der Waals surface area contributed by atoms with Gasteiger partial charge < -0.3 is 20.1 Å². The second-order valence-electron chi connectivity index (χ2n) is 6.00. The first-order chi connectivity index (χ1) is 12.7. The molecule has 2 heterocycles. The molecule has 3 rings (SSSR count). The van der Waals surface area contributed by atoms with Crippen molar-refractivity contribution in [3.63, 3.8) is 0 Å². The van der Waals surface area contributed by atoms with Crippen LogP contribution in [0.5, 0.6) is 11.5 Å². The molecule has 0 saturated carbocycles. The van der Waals surface area contributed by atoms with Crippen molar-refractivity contribution in [2.75, 3.05) is 20.2 Å². The van der Waals surface area contributed by atoms with Crippen molar-refractivity contribution < 1.29 is 13.9 Å². The molecule has 1 aromatic heterocycles. The van der Waals surface area contributed by atoms with Crippen molar-refractivity contribution >= 4 is 29.9 Å². The highest BCUT2D eigenvalue weighted by Crippen LogP contribution is 2.24. The van der Waals surface area contributed by atoms with Crippen LogP contribution in [0, 0.1) is 5.82 Å². The van der Waals surface area contributed by atoms with Crippen molar-refractivity contribution in [1.29, 1.82) is 0 Å². The number of benzene rings is 1. The lowest BCUT2D eigenvalue weighted by molar-refractivity contribution is 0.114. The minimum absolute atomic E-state index is 0. The molecule has 1 atom stereocenters. The van der Waals surface area contributed by atoms with Crippen LogP contribution in [0.1, 0.15) is 18.4 Å². The molecule has 0 amide bonds. The molecule has 8 heteroatoms. The first-order valence-corrected chi connectivity index (χ1v) is 8.67. The summed E-state index contributed by atoms with van der Waals surface area (Å²) in [5, 5.41) is 6.40. The van der Waals surface area contributed by atoms with Gasteiger partial charge in [0, 0.05) is 32.9 Å². The first kappa shape index (κ1) is 21.4. The van der Waals surface area contributed by atoms with Crippen LogP contribution in [0.25, 0.3) is 0 Å². The van der Waals surface area contributed by atoms with Gasteiger partial charge in [0.25, 0.3) is 0 Å². The Morgan fingerprint density at radius 3 is 2.93 bits per heavy atom. The van der Waals surface area contributed by atoms with Crippen LogP contribution in [0.3, 0.4) is 0 Å². The number of rotatable bonds is 6. The molecule has 0 bridgehead atoms. The van der Waals surface area contributed by atoms with Crippen LogP contribution in [-0.2, 0) is 11.3 Å². The third-order valence-corrected chi connectivity index (χ3v) is 4.06. The lowest BCUT2D eigenvalue weighted by Gasteiger charge is -2.15. The molecule has 2 N–H and O–H groups in total. The largest absolute Gasteiger partial charge is 0.453 e. The molecular formula is C19H24FIN4O2. The van der Waals surface area contributed by atoms with Crippen LogP contribution in [0.15, 0.2) is 47.7 Å². The summed E-state index contributed by atoms with van der Waals surface area (Å²) in [5.41, 5.74) is 0.793. The Morgan fingerprint density at radius 1 is 1.37 bits per heavy atom. The molecule has 1 saturated heterocycles. The Labute approximate surface area is 175 Å². The van der Waals surface area contributed by atoms with Crippen molar-refractivity contribution in [2.24, 2.45) is 4.99 Å². The minimum Gasteiger partial charge on any atom is -0.453 e. The van der Waals surface area contributed by atoms with E-state index in [1.807, 2.05) is 6.07 Å². The Bertz CT molecular complexity index is 740. The fourth-order valence-corrected chi connectivity index (χ4v) is 2.69. The highest BCUT2D eigenvalue weighted by atomic mass is 127. The van der Waals surface area contributed by atoms with Crippen LogP contribution >= 0.6 is 24.0 Å². The smallest absolute Gasteiger partial charge is 0.191 e. The van der Waals surface area contributed by atoms with Gasteiger partial charge in [0.2, 0.25) is 0 Å². The van der Waals surface area contributed by atoms with E-state index in [2.05, 4.69) is 20.6 Å². The Balaban J connectivity index is 0.00000261. The van der Waals surface area contributed by atoms with Crippen molar-refractivity contribution in [1.82, 2.24) is 15.6 Å². The molecule has 1 aliphatic rings. The van der Waals surface area contributed by atoms with E-state index in [1.165, 1.54) is 6.07 Å². The van der Waals surface area contributed by atoms with E-state index < -0.39 is 5.82 Å². The lowest BCUT2D eigenvalue weighted by atomic mass is 10.2. The van der Waals surface area contributed by atoms with Gasteiger partial charge in [-0.3, -0.25) is 9.98 Å². The number of ether oxygens (including phenoxy) is 2. The Hall–Kier alpha value is -1.94. The average Bonchev–Trinajstić information content (AvgIpc) is 3.18. The predicted molar refractivity (Wildman–Crippen MR) is 113 cm³/mol. The summed E-state index contributed by atoms with van der Waals surface area (Å²) in [7, 11) is 1.70. The third-order valence-electron chi connectivity index (χ3n) is 4.06. The highest BCUT2D eigenvalue weighted by molar-refractivity contribution is 14.0. The van der Waals surface area contributed by atoms with Crippen LogP contribution < -0.4 is 15.4 Å². The number of aliphatic imine (C=N–C) groups is 1. The zero-order valence-electron chi connectivity index (χ0n) is 15.2. The number of hydrogen-bond acceptors (Lipinski definition) is 4. The predicted octanol–water partition coefficient (Wildman–Crippen LogP) is 3.48. The fourth-order valence-electron chi connectivity index (χ4n) is 2.69. The summed E-state index contributed by atoms with van der Waals surface area (Å²) in [6, 6.07) is 8.34. The number of nitrogens with one attached hydrogen (secondary N) is 2. The molecule has 6 nitrogen and oxygen atoms in total. The summed E-state index contributed by atoms with van der Waals surface area (Å²) < 4.78 is 25.3. The van der Waals surface area contributed by atoms with Gasteiger partial charge in [0.1, 0.15) is 5.75 Å². The highest BCUT2D eigenvalue weighted by Gasteiger charge is 2.15. The van der Waals surface area contributed by atoms with Crippen LogP contribution in [-0.4, -0.2) is 37.2 Å². The average molecular weight is 486 g/mol. The maximum Gasteiger partial charge on any atom is 0.191 e. The summed E-state index contributed by atoms with van der Waals surface area (Å²) >= 11 is 0. The fraction of sp³-hybridized carbons (Fsp3) is 0.368. The maximum absolute atomic E-state index is 14.3. The summed E-state index contributed by atoms with van der Waals surface area (Å²) in [6.45, 7) is 1.99. The molecule has 1 aliphatic heterocycles. The minimum atomic E-state index is -0.421. The number of halogens is 2. The van der Waals surface area contributed by atoms with Crippen molar-refractivity contribution in [2.45, 2.75) is 25.5 Å². The molecule has 0 radical (unpaired) electrons. The zero-order chi connectivity index (χ0) is 18.2. The molecule has 1 fully saturated rings. The molecular weight excluding hydrogens is 462 g/mol. The van der Waals surface area contributed by atoms with E-state index >= 15 is 0 Å². The van der Waals surface area contributed by atoms with Gasteiger partial charge in [-0.05, 0) is 42.7 Å². The summed E-state index contributed by atoms with van der Waals surface area (Å²) in [4.78, 5) is 8.12. The van der Waals surface area contributed by atoms with Crippen molar-refractivity contribution in [3.05, 3.63) is 54.1 Å². The number of pyridine rings is 1. The molecule has 2 aromatic rings. The Morgan fingerprint density at radius 2 is 2.26 bits per heavy atom. The molecule has 1 unspecified atom stereocenters. The Kier molecular flexibility index (Phi) is 8.73. The normalized spacial score (nSPS) is 16.5. The topological polar surface area (TPSA) is 67.8 Å². The molecule has 27 heavy (non-hydrogen) atoms. The molecule has 1 aromatic carbocycles. The quantitative estimate of drug-likeness (QED) is 0.372. The van der Waals surface area contributed by atoms with Gasteiger partial charge in [-0.15, -0.1) is 24.0 Å². The van der Waals surface area contributed by atoms with E-state index in [4.69, 9.17) is 9.47 Å². The SMILES string of the molecule is CN=C(NCc1ccc(Oc2cccnc2)c(F)c1)NCC1CCCO1.I. The lowest BCUT2D eigenvalue weighted by Crippen LogP contribution is -2.40. The van der Waals surface area contributed by atoms with E-state index in [0.29, 0.717) is 24.8 Å². The standard InChI is InChI=1S/C19H23FN4O2.HI/c1-21-19(24-13-15-5-3-9-25-15)23-11-14-6-7-18(17(20)10-14)26-16-4-2-8-22-12-16;/h2,4,6-8,10,12,15H,3,5,9,11,13H2,1H3,(H2,21,23,24);1H. The van der Waals surface area contributed by atoms with Crippen LogP contribution in [0.2, 0.25) is 0 Å². The van der Waals surface area contributed by atoms with E-state index in [-0.39, 0.29) is 35.8 Å². The number of hydrogen-bond donors (Lipinski definition) is 2. The van der Waals surface area contributed by atoms with E-state index in [9.17, 15) is 4.39 Å². The summed E-state index contributed by atoms with van der Waals surface area (Å²) in [5.74, 6) is 0.908. The monoisotopic (exact) mass is 486 g/mol. The second kappa shape index (κ2) is 11.0. The summed E-state index contributed by atoms with van der Waals surface area (Å²) in [6.07, 6.45) is 5.57. The first-order valence-electron chi connectivity index (χ1n) is 8.67. The van der Waals surface area contributed by atoms with Crippen LogP contribution in [0.4, 0.5) is 4.39 Å². The van der Waals surface area contributed by atoms with Gasteiger partial charge in [-0.25, -0.2) is 4.39 Å². The van der Waals surface area contributed by atoms with E-state index in [1.54, 1.807) is 37.6 Å². The van der Waals surface area contributed by atoms with Gasteiger partial charge in [0.05, 0.1) is 12.3 Å². The maximum atomic E-state index is 14.3. The van der Waals surface area contributed by atoms with E-state index in [0.717, 1.165) is 25.0 Å². The molecule has 146 valence electrons. The third kappa shape index (κ3) is 6.62. The van der Waals surface area contributed by atoms with Gasteiger partial charge >= 0.3 is 0 Å². The number of aromatic nitrogens is 1.